The van der Waals surface area contributed by atoms with Crippen LogP contribution >= 0.6 is 35.0 Å². The topological polar surface area (TPSA) is 69.0 Å². The summed E-state index contributed by atoms with van der Waals surface area (Å²) in [4.78, 5) is 12.0. The van der Waals surface area contributed by atoms with E-state index in [1.54, 1.807) is 30.0 Å². The number of nitrogens with zero attached hydrogens (tertiary/aromatic N) is 3. The van der Waals surface area contributed by atoms with Crippen molar-refractivity contribution >= 4 is 40.9 Å². The molecule has 0 radical (unpaired) electrons. The average Bonchev–Trinajstić information content (AvgIpc) is 3.06. The summed E-state index contributed by atoms with van der Waals surface area (Å²) >= 11 is 13.6. The zero-order valence-corrected chi connectivity index (χ0v) is 19.4. The summed E-state index contributed by atoms with van der Waals surface area (Å²) in [6, 6.07) is 5.24. The van der Waals surface area contributed by atoms with Gasteiger partial charge >= 0.3 is 0 Å². The van der Waals surface area contributed by atoms with Gasteiger partial charge in [0.2, 0.25) is 5.91 Å². The Morgan fingerprint density at radius 1 is 1.28 bits per heavy atom. The third-order valence-electron chi connectivity index (χ3n) is 4.14. The molecule has 0 spiro atoms. The number of ether oxygens (including phenoxy) is 1. The maximum Gasteiger partial charge on any atom is 0.220 e. The van der Waals surface area contributed by atoms with Gasteiger partial charge in [0.25, 0.3) is 0 Å². The van der Waals surface area contributed by atoms with Crippen LogP contribution in [0.1, 0.15) is 38.9 Å². The van der Waals surface area contributed by atoms with Crippen molar-refractivity contribution in [2.45, 2.75) is 51.2 Å². The maximum atomic E-state index is 12.0. The number of carbonyl (C=O) groups excluding carboxylic acids is 1. The Balaban J connectivity index is 1.65. The quantitative estimate of drug-likeness (QED) is 0.362. The molecule has 1 aromatic carbocycles. The van der Waals surface area contributed by atoms with Crippen LogP contribution in [0, 0.1) is 5.92 Å². The third-order valence-corrected chi connectivity index (χ3v) is 5.61. The number of benzene rings is 1. The molecule has 29 heavy (non-hydrogen) atoms. The molecular weight excluding hydrogens is 431 g/mol. The normalized spacial score (nSPS) is 11.1. The summed E-state index contributed by atoms with van der Waals surface area (Å²) in [5, 5.41) is 13.3. The van der Waals surface area contributed by atoms with E-state index in [1.165, 1.54) is 0 Å². The summed E-state index contributed by atoms with van der Waals surface area (Å²) in [7, 11) is 0. The van der Waals surface area contributed by atoms with Crippen LogP contribution in [0.3, 0.4) is 0 Å². The highest BCUT2D eigenvalue weighted by Gasteiger charge is 2.12. The number of amides is 1. The molecule has 9 heteroatoms. The first-order valence-corrected chi connectivity index (χ1v) is 11.7. The zero-order chi connectivity index (χ0) is 21.2. The van der Waals surface area contributed by atoms with Gasteiger partial charge in [-0.3, -0.25) is 4.79 Å². The maximum absolute atomic E-state index is 12.0. The summed E-state index contributed by atoms with van der Waals surface area (Å²) in [5.41, 5.74) is 0. The number of hydrogen-bond acceptors (Lipinski definition) is 5. The standard InChI is InChI=1S/C20H28Cl2N4O2S/c1-14(2)13-26-17(24-25-20(26)29-3)9-5-11-23-18(27)10-6-12-28-16-8-4-7-15(21)19(16)22/h4,7-8,14H,5-6,9-13H2,1-3H3,(H,23,27). The van der Waals surface area contributed by atoms with Gasteiger partial charge in [-0.2, -0.15) is 0 Å². The molecule has 6 nitrogen and oxygen atoms in total. The lowest BCUT2D eigenvalue weighted by molar-refractivity contribution is -0.121. The lowest BCUT2D eigenvalue weighted by atomic mass is 10.2. The van der Waals surface area contributed by atoms with Crippen molar-refractivity contribution in [3.63, 3.8) is 0 Å². The van der Waals surface area contributed by atoms with E-state index < -0.39 is 0 Å². The number of halogens is 2. The van der Waals surface area contributed by atoms with Crippen molar-refractivity contribution in [1.82, 2.24) is 20.1 Å². The van der Waals surface area contributed by atoms with Crippen molar-refractivity contribution in [2.75, 3.05) is 19.4 Å². The van der Waals surface area contributed by atoms with Crippen molar-refractivity contribution in [3.05, 3.63) is 34.1 Å². The molecule has 0 aliphatic rings. The Bertz CT molecular complexity index is 799. The van der Waals surface area contributed by atoms with E-state index in [0.29, 0.717) is 47.7 Å². The highest BCUT2D eigenvalue weighted by molar-refractivity contribution is 7.98. The van der Waals surface area contributed by atoms with Gasteiger partial charge in [-0.25, -0.2) is 0 Å². The molecule has 0 fully saturated rings. The van der Waals surface area contributed by atoms with Gasteiger partial charge in [-0.05, 0) is 37.1 Å². The average molecular weight is 459 g/mol. The van der Waals surface area contributed by atoms with Crippen LogP contribution < -0.4 is 10.1 Å². The van der Waals surface area contributed by atoms with Crippen LogP contribution in [0.15, 0.2) is 23.4 Å². The number of nitrogens with one attached hydrogen (secondary N) is 1. The SMILES string of the molecule is CSc1nnc(CCCNC(=O)CCCOc2cccc(Cl)c2Cl)n1CC(C)C. The first-order chi connectivity index (χ1) is 13.9. The van der Waals surface area contributed by atoms with E-state index in [-0.39, 0.29) is 5.91 Å². The molecule has 0 saturated heterocycles. The van der Waals surface area contributed by atoms with Gasteiger partial charge in [-0.1, -0.05) is 54.9 Å². The van der Waals surface area contributed by atoms with Gasteiger partial charge < -0.3 is 14.6 Å². The number of rotatable bonds is 12. The second kappa shape index (κ2) is 12.3. The molecule has 0 unspecified atom stereocenters. The van der Waals surface area contributed by atoms with E-state index in [9.17, 15) is 4.79 Å². The highest BCUT2D eigenvalue weighted by Crippen LogP contribution is 2.31. The van der Waals surface area contributed by atoms with Crippen LogP contribution in [0.5, 0.6) is 5.75 Å². The minimum absolute atomic E-state index is 0.0132. The van der Waals surface area contributed by atoms with Gasteiger partial charge in [0, 0.05) is 25.9 Å². The Hall–Kier alpha value is -1.44. The minimum atomic E-state index is 0.0132. The van der Waals surface area contributed by atoms with E-state index in [0.717, 1.165) is 30.4 Å². The Labute approximate surface area is 186 Å². The van der Waals surface area contributed by atoms with E-state index >= 15 is 0 Å². The molecule has 1 heterocycles. The number of aryl methyl sites for hydroxylation is 1. The minimum Gasteiger partial charge on any atom is -0.492 e. The van der Waals surface area contributed by atoms with Gasteiger partial charge in [0.1, 0.15) is 16.6 Å². The van der Waals surface area contributed by atoms with Crippen molar-refractivity contribution in [2.24, 2.45) is 5.92 Å². The molecule has 2 aromatic rings. The lowest BCUT2D eigenvalue weighted by Gasteiger charge is -2.12. The number of carbonyl (C=O) groups is 1. The zero-order valence-electron chi connectivity index (χ0n) is 17.1. The molecule has 160 valence electrons. The predicted molar refractivity (Wildman–Crippen MR) is 119 cm³/mol. The number of hydrogen-bond donors (Lipinski definition) is 1. The van der Waals surface area contributed by atoms with Crippen LogP contribution in [0.25, 0.3) is 0 Å². The van der Waals surface area contributed by atoms with E-state index in [2.05, 4.69) is 33.9 Å². The van der Waals surface area contributed by atoms with Crippen molar-refractivity contribution in [1.29, 1.82) is 0 Å². The molecule has 0 aliphatic heterocycles. The molecule has 1 N–H and O–H groups in total. The molecule has 0 saturated carbocycles. The smallest absolute Gasteiger partial charge is 0.220 e. The molecule has 0 atom stereocenters. The third kappa shape index (κ3) is 7.72. The van der Waals surface area contributed by atoms with Gasteiger partial charge in [-0.15, -0.1) is 10.2 Å². The lowest BCUT2D eigenvalue weighted by Crippen LogP contribution is -2.25. The summed E-state index contributed by atoms with van der Waals surface area (Å²) in [6.07, 6.45) is 4.63. The molecule has 0 bridgehead atoms. The van der Waals surface area contributed by atoms with E-state index in [4.69, 9.17) is 27.9 Å². The second-order valence-electron chi connectivity index (χ2n) is 7.06. The summed E-state index contributed by atoms with van der Waals surface area (Å²) in [5.74, 6) is 2.05. The van der Waals surface area contributed by atoms with Gasteiger partial charge in [0.15, 0.2) is 5.16 Å². The largest absolute Gasteiger partial charge is 0.492 e. The van der Waals surface area contributed by atoms with Crippen LogP contribution in [0.2, 0.25) is 10.0 Å². The monoisotopic (exact) mass is 458 g/mol. The fourth-order valence-electron chi connectivity index (χ4n) is 2.78. The van der Waals surface area contributed by atoms with E-state index in [1.807, 2.05) is 6.26 Å². The molecule has 2 rings (SSSR count). The first-order valence-electron chi connectivity index (χ1n) is 9.72. The first kappa shape index (κ1) is 23.8. The molecule has 0 aliphatic carbocycles. The molecule has 1 aromatic heterocycles. The summed E-state index contributed by atoms with van der Waals surface area (Å²) in [6.45, 7) is 6.28. The van der Waals surface area contributed by atoms with Crippen molar-refractivity contribution in [3.8, 4) is 5.75 Å². The molecular formula is C20H28Cl2N4O2S. The Kier molecular flexibility index (Phi) is 10.1. The van der Waals surface area contributed by atoms with Crippen LogP contribution in [-0.4, -0.2) is 40.1 Å². The fourth-order valence-corrected chi connectivity index (χ4v) is 3.65. The predicted octanol–water partition coefficient (Wildman–Crippen LogP) is 4.87. The number of aromatic nitrogens is 3. The van der Waals surface area contributed by atoms with Crippen LogP contribution in [-0.2, 0) is 17.8 Å². The Morgan fingerprint density at radius 2 is 2.07 bits per heavy atom. The number of thioether (sulfide) groups is 1. The fraction of sp³-hybridized carbons (Fsp3) is 0.550. The summed E-state index contributed by atoms with van der Waals surface area (Å²) < 4.78 is 7.77. The second-order valence-corrected chi connectivity index (χ2v) is 8.62. The highest BCUT2D eigenvalue weighted by atomic mass is 35.5. The molecule has 1 amide bonds. The van der Waals surface area contributed by atoms with Crippen LogP contribution in [0.4, 0.5) is 0 Å². The Morgan fingerprint density at radius 3 is 2.79 bits per heavy atom. The van der Waals surface area contributed by atoms with Gasteiger partial charge in [0.05, 0.1) is 11.6 Å². The van der Waals surface area contributed by atoms with Crippen molar-refractivity contribution < 1.29 is 9.53 Å².